The second-order valence-electron chi connectivity index (χ2n) is 6.27. The van der Waals surface area contributed by atoms with Crippen LogP contribution in [-0.4, -0.2) is 5.60 Å². The number of hydrogen-bond acceptors (Lipinski definition) is 2. The Balaban J connectivity index is 2.15. The van der Waals surface area contributed by atoms with Gasteiger partial charge in [0, 0.05) is 0 Å². The van der Waals surface area contributed by atoms with E-state index in [0.29, 0.717) is 11.3 Å². The molecule has 3 saturated carbocycles. The summed E-state index contributed by atoms with van der Waals surface area (Å²) in [6, 6.07) is 0. The fourth-order valence-corrected chi connectivity index (χ4v) is 3.73. The van der Waals surface area contributed by atoms with Crippen LogP contribution < -0.4 is 5.90 Å². The Kier molecular flexibility index (Phi) is 2.20. The highest BCUT2D eigenvalue weighted by molar-refractivity contribution is 5.06. The van der Waals surface area contributed by atoms with Crippen molar-refractivity contribution < 1.29 is 4.84 Å². The Morgan fingerprint density at radius 3 is 2.36 bits per heavy atom. The molecule has 3 aliphatic rings. The summed E-state index contributed by atoms with van der Waals surface area (Å²) in [6.07, 6.45) is 4.05. The van der Waals surface area contributed by atoms with E-state index in [2.05, 4.69) is 27.7 Å². The van der Waals surface area contributed by atoms with Gasteiger partial charge in [0.2, 0.25) is 0 Å². The summed E-state index contributed by atoms with van der Waals surface area (Å²) in [4.78, 5) is 5.17. The molecule has 3 unspecified atom stereocenters. The third-order valence-corrected chi connectivity index (χ3v) is 5.05. The van der Waals surface area contributed by atoms with Gasteiger partial charge in [-0.2, -0.15) is 0 Å². The predicted molar refractivity (Wildman–Crippen MR) is 57.5 cm³/mol. The highest BCUT2D eigenvalue weighted by atomic mass is 16.6. The van der Waals surface area contributed by atoms with E-state index in [4.69, 9.17) is 10.7 Å². The molecular weight excluding hydrogens is 174 g/mol. The molecule has 2 heteroatoms. The van der Waals surface area contributed by atoms with E-state index in [1.165, 1.54) is 19.3 Å². The van der Waals surface area contributed by atoms with Gasteiger partial charge in [-0.05, 0) is 56.3 Å². The molecule has 3 aliphatic carbocycles. The lowest BCUT2D eigenvalue weighted by Crippen LogP contribution is -2.58. The molecule has 0 amide bonds. The van der Waals surface area contributed by atoms with Crippen molar-refractivity contribution in [1.29, 1.82) is 0 Å². The zero-order valence-corrected chi connectivity index (χ0v) is 9.84. The summed E-state index contributed by atoms with van der Waals surface area (Å²) in [5, 5.41) is 0. The lowest BCUT2D eigenvalue weighted by Gasteiger charge is -2.62. The zero-order valence-electron chi connectivity index (χ0n) is 9.84. The molecule has 2 bridgehead atoms. The second-order valence-corrected chi connectivity index (χ2v) is 6.27. The SMILES string of the molecule is CC(C)(ON)C1CCC2CC1C2(C)C. The Bertz CT molecular complexity index is 232. The monoisotopic (exact) mass is 197 g/mol. The van der Waals surface area contributed by atoms with Gasteiger partial charge in [-0.1, -0.05) is 13.8 Å². The minimum Gasteiger partial charge on any atom is -0.298 e. The van der Waals surface area contributed by atoms with Gasteiger partial charge in [0.15, 0.2) is 0 Å². The van der Waals surface area contributed by atoms with Gasteiger partial charge in [-0.25, -0.2) is 5.90 Å². The third kappa shape index (κ3) is 1.24. The molecule has 0 aromatic heterocycles. The average molecular weight is 197 g/mol. The third-order valence-electron chi connectivity index (χ3n) is 5.05. The van der Waals surface area contributed by atoms with Gasteiger partial charge in [0.05, 0.1) is 5.60 Å². The lowest BCUT2D eigenvalue weighted by molar-refractivity contribution is -0.181. The van der Waals surface area contributed by atoms with E-state index in [1.807, 2.05) is 0 Å². The van der Waals surface area contributed by atoms with E-state index in [0.717, 1.165) is 11.8 Å². The minimum absolute atomic E-state index is 0.146. The van der Waals surface area contributed by atoms with Crippen LogP contribution in [-0.2, 0) is 4.84 Å². The van der Waals surface area contributed by atoms with E-state index in [-0.39, 0.29) is 5.60 Å². The van der Waals surface area contributed by atoms with Crippen LogP contribution in [0.5, 0.6) is 0 Å². The quantitative estimate of drug-likeness (QED) is 0.691. The molecular formula is C12H23NO. The maximum Gasteiger partial charge on any atom is 0.0868 e. The summed E-state index contributed by atoms with van der Waals surface area (Å²) < 4.78 is 0. The molecule has 0 heterocycles. The van der Waals surface area contributed by atoms with Gasteiger partial charge >= 0.3 is 0 Å². The molecule has 0 radical (unpaired) electrons. The molecule has 2 nitrogen and oxygen atoms in total. The summed E-state index contributed by atoms with van der Waals surface area (Å²) in [5.74, 6) is 7.83. The molecule has 0 spiro atoms. The van der Waals surface area contributed by atoms with Crippen LogP contribution in [0.25, 0.3) is 0 Å². The summed E-state index contributed by atoms with van der Waals surface area (Å²) in [6.45, 7) is 9.08. The van der Waals surface area contributed by atoms with Crippen LogP contribution in [0.4, 0.5) is 0 Å². The van der Waals surface area contributed by atoms with E-state index < -0.39 is 0 Å². The van der Waals surface area contributed by atoms with Crippen LogP contribution in [0.1, 0.15) is 47.0 Å². The first kappa shape index (κ1) is 10.4. The highest BCUT2D eigenvalue weighted by Crippen LogP contribution is 2.63. The summed E-state index contributed by atoms with van der Waals surface area (Å²) in [5.41, 5.74) is 0.381. The van der Waals surface area contributed by atoms with Crippen molar-refractivity contribution in [3.8, 4) is 0 Å². The Labute approximate surface area is 87.1 Å². The average Bonchev–Trinajstić information content (AvgIpc) is 2.17. The molecule has 0 saturated heterocycles. The fourth-order valence-electron chi connectivity index (χ4n) is 3.73. The maximum absolute atomic E-state index is 5.41. The molecule has 2 N–H and O–H groups in total. The molecule has 0 aromatic rings. The van der Waals surface area contributed by atoms with E-state index >= 15 is 0 Å². The minimum atomic E-state index is -0.146. The number of rotatable bonds is 2. The number of hydrogen-bond donors (Lipinski definition) is 1. The zero-order chi connectivity index (χ0) is 10.6. The standard InChI is InChI=1S/C12H23NO/c1-11(2)8-5-6-9(10(11)7-8)12(3,4)14-13/h8-10H,5-7,13H2,1-4H3. The van der Waals surface area contributed by atoms with Crippen molar-refractivity contribution in [1.82, 2.24) is 0 Å². The molecule has 82 valence electrons. The predicted octanol–water partition coefficient (Wildman–Crippen LogP) is 2.73. The van der Waals surface area contributed by atoms with Crippen molar-refractivity contribution in [2.45, 2.75) is 52.6 Å². The van der Waals surface area contributed by atoms with Crippen LogP contribution >= 0.6 is 0 Å². The lowest BCUT2D eigenvalue weighted by atomic mass is 9.44. The van der Waals surface area contributed by atoms with Gasteiger partial charge in [0.1, 0.15) is 0 Å². The molecule has 0 aromatic carbocycles. The van der Waals surface area contributed by atoms with Crippen LogP contribution in [0.2, 0.25) is 0 Å². The first-order chi connectivity index (χ1) is 6.39. The molecule has 3 atom stereocenters. The van der Waals surface area contributed by atoms with E-state index in [1.54, 1.807) is 0 Å². The van der Waals surface area contributed by atoms with Gasteiger partial charge in [0.25, 0.3) is 0 Å². The Morgan fingerprint density at radius 2 is 1.93 bits per heavy atom. The van der Waals surface area contributed by atoms with Crippen LogP contribution in [0, 0.1) is 23.2 Å². The normalized spacial score (nSPS) is 40.5. The summed E-state index contributed by atoms with van der Waals surface area (Å²) in [7, 11) is 0. The molecule has 14 heavy (non-hydrogen) atoms. The topological polar surface area (TPSA) is 35.2 Å². The smallest absolute Gasteiger partial charge is 0.0868 e. The molecule has 3 rings (SSSR count). The Morgan fingerprint density at radius 1 is 1.29 bits per heavy atom. The van der Waals surface area contributed by atoms with E-state index in [9.17, 15) is 0 Å². The number of fused-ring (bicyclic) bond motifs is 2. The first-order valence-electron chi connectivity index (χ1n) is 5.77. The van der Waals surface area contributed by atoms with Gasteiger partial charge < -0.3 is 0 Å². The summed E-state index contributed by atoms with van der Waals surface area (Å²) >= 11 is 0. The highest BCUT2D eigenvalue weighted by Gasteiger charge is 2.57. The van der Waals surface area contributed by atoms with Crippen molar-refractivity contribution in [3.05, 3.63) is 0 Å². The fraction of sp³-hybridized carbons (Fsp3) is 1.00. The van der Waals surface area contributed by atoms with Crippen molar-refractivity contribution >= 4 is 0 Å². The first-order valence-corrected chi connectivity index (χ1v) is 5.77. The van der Waals surface area contributed by atoms with Crippen LogP contribution in [0.15, 0.2) is 0 Å². The van der Waals surface area contributed by atoms with Crippen molar-refractivity contribution in [3.63, 3.8) is 0 Å². The van der Waals surface area contributed by atoms with Crippen molar-refractivity contribution in [2.75, 3.05) is 0 Å². The molecule has 3 fully saturated rings. The Hall–Kier alpha value is -0.0800. The van der Waals surface area contributed by atoms with Crippen molar-refractivity contribution in [2.24, 2.45) is 29.1 Å². The van der Waals surface area contributed by atoms with Gasteiger partial charge in [-0.3, -0.25) is 4.84 Å². The molecule has 0 aliphatic heterocycles. The largest absolute Gasteiger partial charge is 0.298 e. The second kappa shape index (κ2) is 2.96. The van der Waals surface area contributed by atoms with Crippen LogP contribution in [0.3, 0.4) is 0 Å². The maximum atomic E-state index is 5.41. The van der Waals surface area contributed by atoms with Gasteiger partial charge in [-0.15, -0.1) is 0 Å². The number of nitrogens with two attached hydrogens (primary N) is 1.